The molecule has 1 aromatic carbocycles. The third-order valence-corrected chi connectivity index (χ3v) is 8.82. The highest BCUT2D eigenvalue weighted by atomic mass is 35.5. The van der Waals surface area contributed by atoms with Gasteiger partial charge in [-0.2, -0.15) is 8.78 Å². The maximum atomic E-state index is 15.3. The van der Waals surface area contributed by atoms with Gasteiger partial charge in [0.1, 0.15) is 4.88 Å². The number of amides is 2. The van der Waals surface area contributed by atoms with Crippen molar-refractivity contribution >= 4 is 46.4 Å². The molecule has 3 aromatic rings. The van der Waals surface area contributed by atoms with E-state index < -0.39 is 28.7 Å². The van der Waals surface area contributed by atoms with Gasteiger partial charge in [0, 0.05) is 50.2 Å². The Kier molecular flexibility index (Phi) is 5.98. The van der Waals surface area contributed by atoms with Crippen molar-refractivity contribution in [1.29, 1.82) is 0 Å². The van der Waals surface area contributed by atoms with Crippen LogP contribution in [0.2, 0.25) is 10.0 Å². The average Bonchev–Trinajstić information content (AvgIpc) is 3.56. The Hall–Kier alpha value is -2.67. The highest BCUT2D eigenvalue weighted by Gasteiger charge is 2.59. The van der Waals surface area contributed by atoms with Crippen molar-refractivity contribution in [3.63, 3.8) is 0 Å². The number of nitrogens with zero attached hydrogens (tertiary/aromatic N) is 5. The van der Waals surface area contributed by atoms with Crippen LogP contribution in [0.25, 0.3) is 0 Å². The number of thiazole rings is 1. The van der Waals surface area contributed by atoms with Crippen LogP contribution in [0.15, 0.2) is 34.3 Å². The molecule has 6 rings (SSSR count). The number of hydrogen-bond donors (Lipinski definition) is 1. The quantitative estimate of drug-likeness (QED) is 0.503. The van der Waals surface area contributed by atoms with Crippen molar-refractivity contribution in [2.45, 2.75) is 11.8 Å². The van der Waals surface area contributed by atoms with E-state index in [2.05, 4.69) is 20.5 Å². The van der Waals surface area contributed by atoms with Crippen LogP contribution >= 0.6 is 34.5 Å². The van der Waals surface area contributed by atoms with E-state index in [9.17, 15) is 9.59 Å². The fraction of sp³-hybridized carbons (Fsp3) is 0.435. The normalized spacial score (nSPS) is 21.2. The number of carbonyl (C=O) groups is 2. The minimum atomic E-state index is -3.61. The van der Waals surface area contributed by atoms with Crippen LogP contribution in [0.1, 0.15) is 32.9 Å². The second kappa shape index (κ2) is 8.97. The molecule has 3 fully saturated rings. The van der Waals surface area contributed by atoms with Gasteiger partial charge in [-0.15, -0.1) is 21.5 Å². The number of carbonyl (C=O) groups excluding carboxylic acids is 2. The predicted molar refractivity (Wildman–Crippen MR) is 130 cm³/mol. The minimum absolute atomic E-state index is 0.00625. The number of alkyl halides is 2. The molecule has 0 radical (unpaired) electrons. The van der Waals surface area contributed by atoms with E-state index in [1.54, 1.807) is 15.3 Å². The van der Waals surface area contributed by atoms with Crippen LogP contribution in [0, 0.1) is 11.3 Å². The Labute approximate surface area is 223 Å². The number of likely N-dealkylation sites (tertiary alicyclic amines) is 2. The number of rotatable bonds is 5. The molecular formula is C23H20Cl2F2N6O3S. The number of nitrogens with one attached hydrogen (secondary N) is 1. The molecule has 3 saturated heterocycles. The van der Waals surface area contributed by atoms with Gasteiger partial charge >= 0.3 is 5.92 Å². The molecule has 194 valence electrons. The number of aromatic nitrogens is 3. The smallest absolute Gasteiger partial charge is 0.349 e. The average molecular weight is 569 g/mol. The van der Waals surface area contributed by atoms with Crippen LogP contribution in [-0.4, -0.2) is 76.1 Å². The first-order chi connectivity index (χ1) is 17.7. The van der Waals surface area contributed by atoms with Gasteiger partial charge in [-0.05, 0) is 12.1 Å². The van der Waals surface area contributed by atoms with Gasteiger partial charge in [-0.25, -0.2) is 0 Å². The predicted octanol–water partition coefficient (Wildman–Crippen LogP) is 3.26. The Bertz CT molecular complexity index is 1360. The Balaban J connectivity index is 1.28. The largest absolute Gasteiger partial charge is 0.419 e. The molecule has 14 heteroatoms. The van der Waals surface area contributed by atoms with E-state index >= 15 is 8.78 Å². The lowest BCUT2D eigenvalue weighted by molar-refractivity contribution is -0.149. The first-order valence-electron chi connectivity index (χ1n) is 11.5. The second-order valence-electron chi connectivity index (χ2n) is 9.66. The lowest BCUT2D eigenvalue weighted by Crippen LogP contribution is -2.65. The van der Waals surface area contributed by atoms with Crippen molar-refractivity contribution in [3.8, 4) is 0 Å². The summed E-state index contributed by atoms with van der Waals surface area (Å²) in [7, 11) is 0. The van der Waals surface area contributed by atoms with Crippen molar-refractivity contribution in [2.75, 3.05) is 39.3 Å². The van der Waals surface area contributed by atoms with E-state index in [1.807, 2.05) is 0 Å². The molecule has 1 unspecified atom stereocenters. The number of halogens is 4. The lowest BCUT2D eigenvalue weighted by Gasteiger charge is -2.51. The molecule has 1 N–H and O–H groups in total. The van der Waals surface area contributed by atoms with Gasteiger partial charge in [0.25, 0.3) is 11.8 Å². The van der Waals surface area contributed by atoms with E-state index in [1.165, 1.54) is 23.6 Å². The standard InChI is InChI=1S/C23H20Cl2F2N6O3S/c24-15-2-1-13(3-16(15)25)23(26,27)21-31-30-18(36-21)14-7-32(20(35)17-6-29-11-37-17)8-22(14)9-33(10-22)19(34)12-4-28-5-12/h1-3,6,11-12,14,28H,4-5,7-10H2. The molecule has 3 aliphatic heterocycles. The zero-order valence-corrected chi connectivity index (χ0v) is 21.5. The highest BCUT2D eigenvalue weighted by Crippen LogP contribution is 2.50. The third kappa shape index (κ3) is 4.10. The van der Waals surface area contributed by atoms with Gasteiger partial charge in [0.05, 0.1) is 33.6 Å². The minimum Gasteiger partial charge on any atom is -0.419 e. The molecule has 37 heavy (non-hydrogen) atoms. The Morgan fingerprint density at radius 3 is 2.54 bits per heavy atom. The fourth-order valence-electron chi connectivity index (χ4n) is 5.17. The molecule has 2 amide bonds. The fourth-order valence-corrected chi connectivity index (χ4v) is 6.05. The number of hydrogen-bond acceptors (Lipinski definition) is 8. The first-order valence-corrected chi connectivity index (χ1v) is 13.2. The summed E-state index contributed by atoms with van der Waals surface area (Å²) in [5.74, 6) is -5.22. The summed E-state index contributed by atoms with van der Waals surface area (Å²) in [5.41, 5.74) is 0.563. The van der Waals surface area contributed by atoms with Crippen LogP contribution in [-0.2, 0) is 10.7 Å². The van der Waals surface area contributed by atoms with E-state index in [-0.39, 0.29) is 40.2 Å². The molecule has 1 spiro atoms. The van der Waals surface area contributed by atoms with Gasteiger partial charge in [-0.3, -0.25) is 14.6 Å². The summed E-state index contributed by atoms with van der Waals surface area (Å²) in [5, 5.41) is 10.9. The van der Waals surface area contributed by atoms with Crippen molar-refractivity contribution in [3.05, 3.63) is 62.2 Å². The maximum Gasteiger partial charge on any atom is 0.349 e. The monoisotopic (exact) mass is 568 g/mol. The summed E-state index contributed by atoms with van der Waals surface area (Å²) < 4.78 is 36.1. The van der Waals surface area contributed by atoms with Gasteiger partial charge < -0.3 is 19.5 Å². The molecule has 3 aliphatic rings. The maximum absolute atomic E-state index is 15.3. The molecule has 2 aromatic heterocycles. The van der Waals surface area contributed by atoms with Crippen LogP contribution in [0.5, 0.6) is 0 Å². The number of benzene rings is 1. The van der Waals surface area contributed by atoms with Crippen molar-refractivity contribution in [1.82, 2.24) is 30.3 Å². The van der Waals surface area contributed by atoms with Crippen LogP contribution in [0.3, 0.4) is 0 Å². The summed E-state index contributed by atoms with van der Waals surface area (Å²) >= 11 is 13.0. The zero-order chi connectivity index (χ0) is 25.9. The second-order valence-corrected chi connectivity index (χ2v) is 11.4. The molecular weight excluding hydrogens is 549 g/mol. The topological polar surface area (TPSA) is 104 Å². The van der Waals surface area contributed by atoms with Crippen LogP contribution < -0.4 is 5.32 Å². The highest BCUT2D eigenvalue weighted by molar-refractivity contribution is 7.11. The molecule has 9 nitrogen and oxygen atoms in total. The molecule has 0 aliphatic carbocycles. The zero-order valence-electron chi connectivity index (χ0n) is 19.2. The summed E-state index contributed by atoms with van der Waals surface area (Å²) in [6.07, 6.45) is 1.50. The Morgan fingerprint density at radius 2 is 1.89 bits per heavy atom. The Morgan fingerprint density at radius 1 is 1.14 bits per heavy atom. The van der Waals surface area contributed by atoms with E-state index in [0.29, 0.717) is 37.6 Å². The van der Waals surface area contributed by atoms with Crippen LogP contribution in [0.4, 0.5) is 8.78 Å². The van der Waals surface area contributed by atoms with Gasteiger partial charge in [-0.1, -0.05) is 29.3 Å². The molecule has 0 bridgehead atoms. The lowest BCUT2D eigenvalue weighted by atomic mass is 9.71. The van der Waals surface area contributed by atoms with Gasteiger partial charge in [0.15, 0.2) is 0 Å². The summed E-state index contributed by atoms with van der Waals surface area (Å²) in [4.78, 5) is 33.7. The van der Waals surface area contributed by atoms with Crippen molar-refractivity contribution < 1.29 is 22.8 Å². The summed E-state index contributed by atoms with van der Waals surface area (Å²) in [6.45, 7) is 2.56. The van der Waals surface area contributed by atoms with Gasteiger partial charge in [0.2, 0.25) is 11.8 Å². The van der Waals surface area contributed by atoms with E-state index in [0.717, 1.165) is 12.1 Å². The molecule has 5 heterocycles. The molecule has 1 atom stereocenters. The molecule has 0 saturated carbocycles. The van der Waals surface area contributed by atoms with Crippen molar-refractivity contribution in [2.24, 2.45) is 11.3 Å². The first kappa shape index (κ1) is 24.7. The SMILES string of the molecule is O=C(c1cncs1)N1CC(c2nnc(C(F)(F)c3ccc(Cl)c(Cl)c3)o2)C2(C1)CN(C(=O)C1CNC1)C2. The third-order valence-electron chi connectivity index (χ3n) is 7.32. The van der Waals surface area contributed by atoms with E-state index in [4.69, 9.17) is 27.6 Å². The summed E-state index contributed by atoms with van der Waals surface area (Å²) in [6, 6.07) is 3.48.